The minimum Gasteiger partial charge on any atom is -0.478 e. The molecule has 0 aliphatic rings. The lowest BCUT2D eigenvalue weighted by Gasteiger charge is -2.00. The molecule has 0 amide bonds. The summed E-state index contributed by atoms with van der Waals surface area (Å²) in [4.78, 5) is 14.8. The average molecular weight is 189 g/mol. The number of carbonyl (C=O) groups is 1. The highest BCUT2D eigenvalue weighted by atomic mass is 16.4. The molecule has 2 rings (SSSR count). The van der Waals surface area contributed by atoms with Crippen molar-refractivity contribution >= 4 is 5.97 Å². The lowest BCUT2D eigenvalue weighted by atomic mass is 10.1. The van der Waals surface area contributed by atoms with E-state index in [0.29, 0.717) is 11.5 Å². The number of aromatic nitrogens is 1. The number of furan rings is 1. The van der Waals surface area contributed by atoms with Gasteiger partial charge in [-0.2, -0.15) is 0 Å². The van der Waals surface area contributed by atoms with E-state index in [1.165, 1.54) is 18.5 Å². The van der Waals surface area contributed by atoms with Crippen LogP contribution in [0.5, 0.6) is 0 Å². The molecule has 0 aliphatic carbocycles. The van der Waals surface area contributed by atoms with Crippen molar-refractivity contribution in [2.75, 3.05) is 0 Å². The summed E-state index contributed by atoms with van der Waals surface area (Å²) >= 11 is 0. The minimum atomic E-state index is -1.01. The summed E-state index contributed by atoms with van der Waals surface area (Å²) in [6.45, 7) is 0. The fourth-order valence-corrected chi connectivity index (χ4v) is 1.19. The monoisotopic (exact) mass is 189 g/mol. The quantitative estimate of drug-likeness (QED) is 0.785. The Morgan fingerprint density at radius 2 is 2.21 bits per heavy atom. The summed E-state index contributed by atoms with van der Waals surface area (Å²) in [5.74, 6) is -0.549. The minimum absolute atomic E-state index is 0.141. The molecule has 2 aromatic heterocycles. The first-order valence-electron chi connectivity index (χ1n) is 4.01. The second kappa shape index (κ2) is 3.33. The van der Waals surface area contributed by atoms with Crippen LogP contribution in [0.1, 0.15) is 10.4 Å². The van der Waals surface area contributed by atoms with E-state index < -0.39 is 5.97 Å². The smallest absolute Gasteiger partial charge is 0.338 e. The highest BCUT2D eigenvalue weighted by molar-refractivity contribution is 5.93. The number of carboxylic acid groups (broad SMARTS) is 1. The third kappa shape index (κ3) is 1.37. The van der Waals surface area contributed by atoms with Crippen molar-refractivity contribution in [2.24, 2.45) is 0 Å². The van der Waals surface area contributed by atoms with Gasteiger partial charge in [-0.3, -0.25) is 4.98 Å². The van der Waals surface area contributed by atoms with Crippen molar-refractivity contribution in [2.45, 2.75) is 0 Å². The zero-order valence-electron chi connectivity index (χ0n) is 7.18. The number of hydrogen-bond donors (Lipinski definition) is 1. The normalized spacial score (nSPS) is 10.0. The number of carboxylic acids is 1. The summed E-state index contributed by atoms with van der Waals surface area (Å²) in [5, 5.41) is 8.88. The first kappa shape index (κ1) is 8.50. The second-order valence-electron chi connectivity index (χ2n) is 2.68. The van der Waals surface area contributed by atoms with Crippen LogP contribution < -0.4 is 0 Å². The third-order valence-electron chi connectivity index (χ3n) is 1.79. The summed E-state index contributed by atoms with van der Waals surface area (Å²) in [5.41, 5.74) is 0.493. The van der Waals surface area contributed by atoms with E-state index in [1.54, 1.807) is 18.2 Å². The van der Waals surface area contributed by atoms with Gasteiger partial charge in [0.05, 0.1) is 11.8 Å². The molecular weight excluding hydrogens is 182 g/mol. The van der Waals surface area contributed by atoms with E-state index >= 15 is 0 Å². The Kier molecular flexibility index (Phi) is 2.02. The topological polar surface area (TPSA) is 63.3 Å². The maximum Gasteiger partial charge on any atom is 0.338 e. The molecule has 2 heterocycles. The van der Waals surface area contributed by atoms with E-state index in [9.17, 15) is 4.79 Å². The van der Waals surface area contributed by atoms with E-state index in [0.717, 1.165) is 0 Å². The predicted octanol–water partition coefficient (Wildman–Crippen LogP) is 2.04. The van der Waals surface area contributed by atoms with Gasteiger partial charge in [-0.1, -0.05) is 0 Å². The molecule has 2 aromatic rings. The van der Waals surface area contributed by atoms with Crippen molar-refractivity contribution < 1.29 is 14.3 Å². The molecule has 70 valence electrons. The summed E-state index contributed by atoms with van der Waals surface area (Å²) in [7, 11) is 0. The molecule has 0 atom stereocenters. The first-order valence-corrected chi connectivity index (χ1v) is 4.01. The standard InChI is InChI=1S/C10H7NO3/c12-10(13)7-3-1-5-11-9(7)8-4-2-6-14-8/h1-6H,(H,12,13). The number of aromatic carboxylic acids is 1. The molecule has 0 saturated heterocycles. The number of nitrogens with zero attached hydrogens (tertiary/aromatic N) is 1. The van der Waals surface area contributed by atoms with E-state index in [-0.39, 0.29) is 5.56 Å². The molecule has 0 unspecified atom stereocenters. The van der Waals surface area contributed by atoms with E-state index in [4.69, 9.17) is 9.52 Å². The highest BCUT2D eigenvalue weighted by Gasteiger charge is 2.13. The lowest BCUT2D eigenvalue weighted by Crippen LogP contribution is -2.00. The van der Waals surface area contributed by atoms with Gasteiger partial charge in [0.25, 0.3) is 0 Å². The Morgan fingerprint density at radius 1 is 1.36 bits per heavy atom. The molecule has 0 aromatic carbocycles. The number of pyridine rings is 1. The molecule has 4 heteroatoms. The Hall–Kier alpha value is -2.10. The van der Waals surface area contributed by atoms with Gasteiger partial charge in [-0.05, 0) is 24.3 Å². The van der Waals surface area contributed by atoms with Gasteiger partial charge in [0, 0.05) is 6.20 Å². The Morgan fingerprint density at radius 3 is 2.86 bits per heavy atom. The SMILES string of the molecule is O=C(O)c1cccnc1-c1ccco1. The average Bonchev–Trinajstić information content (AvgIpc) is 2.70. The molecule has 14 heavy (non-hydrogen) atoms. The zero-order valence-corrected chi connectivity index (χ0v) is 7.18. The van der Waals surface area contributed by atoms with Crippen molar-refractivity contribution in [1.82, 2.24) is 4.98 Å². The molecule has 4 nitrogen and oxygen atoms in total. The Balaban J connectivity index is 2.58. The molecule has 1 N–H and O–H groups in total. The molecule has 0 fully saturated rings. The first-order chi connectivity index (χ1) is 6.79. The third-order valence-corrected chi connectivity index (χ3v) is 1.79. The van der Waals surface area contributed by atoms with Gasteiger partial charge in [0.1, 0.15) is 5.69 Å². The van der Waals surface area contributed by atoms with Gasteiger partial charge < -0.3 is 9.52 Å². The largest absolute Gasteiger partial charge is 0.478 e. The summed E-state index contributed by atoms with van der Waals surface area (Å²) in [6, 6.07) is 6.44. The van der Waals surface area contributed by atoms with Gasteiger partial charge in [0.2, 0.25) is 0 Å². The van der Waals surface area contributed by atoms with E-state index in [2.05, 4.69) is 4.98 Å². The van der Waals surface area contributed by atoms with Crippen LogP contribution in [0.2, 0.25) is 0 Å². The number of rotatable bonds is 2. The van der Waals surface area contributed by atoms with Crippen LogP contribution in [-0.2, 0) is 0 Å². The van der Waals surface area contributed by atoms with Gasteiger partial charge in [0.15, 0.2) is 5.76 Å². The molecule has 0 aliphatic heterocycles. The van der Waals surface area contributed by atoms with Crippen LogP contribution >= 0.6 is 0 Å². The van der Waals surface area contributed by atoms with Crippen molar-refractivity contribution in [1.29, 1.82) is 0 Å². The molecule has 0 saturated carbocycles. The second-order valence-corrected chi connectivity index (χ2v) is 2.68. The van der Waals surface area contributed by atoms with Gasteiger partial charge in [-0.15, -0.1) is 0 Å². The number of hydrogen-bond acceptors (Lipinski definition) is 3. The van der Waals surface area contributed by atoms with Crippen LogP contribution in [0.25, 0.3) is 11.5 Å². The van der Waals surface area contributed by atoms with Crippen LogP contribution in [0, 0.1) is 0 Å². The Bertz CT molecular complexity index is 448. The van der Waals surface area contributed by atoms with Crippen LogP contribution in [0.4, 0.5) is 0 Å². The van der Waals surface area contributed by atoms with Crippen molar-refractivity contribution in [3.8, 4) is 11.5 Å². The maximum atomic E-state index is 10.8. The Labute approximate surface area is 79.8 Å². The lowest BCUT2D eigenvalue weighted by molar-refractivity contribution is 0.0697. The maximum absolute atomic E-state index is 10.8. The van der Waals surface area contributed by atoms with E-state index in [1.807, 2.05) is 0 Å². The summed E-state index contributed by atoms with van der Waals surface area (Å²) in [6.07, 6.45) is 3.01. The predicted molar refractivity (Wildman–Crippen MR) is 48.9 cm³/mol. The highest BCUT2D eigenvalue weighted by Crippen LogP contribution is 2.21. The van der Waals surface area contributed by atoms with Crippen LogP contribution in [-0.4, -0.2) is 16.1 Å². The molecule has 0 spiro atoms. The van der Waals surface area contributed by atoms with Crippen LogP contribution in [0.15, 0.2) is 41.1 Å². The molecule has 0 bridgehead atoms. The molecular formula is C10H7NO3. The van der Waals surface area contributed by atoms with Crippen molar-refractivity contribution in [3.05, 3.63) is 42.3 Å². The van der Waals surface area contributed by atoms with Crippen molar-refractivity contribution in [3.63, 3.8) is 0 Å². The van der Waals surface area contributed by atoms with Gasteiger partial charge in [-0.25, -0.2) is 4.79 Å². The van der Waals surface area contributed by atoms with Gasteiger partial charge >= 0.3 is 5.97 Å². The zero-order chi connectivity index (χ0) is 9.97. The molecule has 0 radical (unpaired) electrons. The fraction of sp³-hybridized carbons (Fsp3) is 0. The fourth-order valence-electron chi connectivity index (χ4n) is 1.19. The summed E-state index contributed by atoms with van der Waals surface area (Å²) < 4.78 is 5.08. The van der Waals surface area contributed by atoms with Crippen LogP contribution in [0.3, 0.4) is 0 Å².